The molecule has 1 aliphatic heterocycles. The van der Waals surface area contributed by atoms with E-state index in [0.717, 1.165) is 37.2 Å². The van der Waals surface area contributed by atoms with E-state index in [1.165, 1.54) is 0 Å². The molecule has 1 aromatic carbocycles. The van der Waals surface area contributed by atoms with Gasteiger partial charge in [0.2, 0.25) is 5.91 Å². The van der Waals surface area contributed by atoms with Gasteiger partial charge in [0.25, 0.3) is 0 Å². The number of rotatable bonds is 3. The number of nitrogens with two attached hydrogens (primary N) is 1. The highest BCUT2D eigenvalue weighted by Crippen LogP contribution is 2.22. The number of benzene rings is 1. The maximum absolute atomic E-state index is 12.2. The van der Waals surface area contributed by atoms with Crippen LogP contribution < -0.4 is 11.1 Å². The van der Waals surface area contributed by atoms with E-state index in [9.17, 15) is 9.90 Å². The summed E-state index contributed by atoms with van der Waals surface area (Å²) in [6.07, 6.45) is 2.41. The summed E-state index contributed by atoms with van der Waals surface area (Å²) in [6.45, 7) is 5.71. The van der Waals surface area contributed by atoms with Crippen LogP contribution in [0.3, 0.4) is 0 Å². The molecule has 0 bridgehead atoms. The Kier molecular flexibility index (Phi) is 4.85. The molecule has 1 atom stereocenters. The van der Waals surface area contributed by atoms with Gasteiger partial charge in [-0.15, -0.1) is 0 Å². The van der Waals surface area contributed by atoms with Gasteiger partial charge in [0.1, 0.15) is 0 Å². The van der Waals surface area contributed by atoms with Gasteiger partial charge in [0.15, 0.2) is 0 Å². The van der Waals surface area contributed by atoms with Crippen LogP contribution in [0.4, 0.5) is 11.4 Å². The summed E-state index contributed by atoms with van der Waals surface area (Å²) in [5, 5.41) is 13.0. The topological polar surface area (TPSA) is 78.6 Å². The van der Waals surface area contributed by atoms with Crippen molar-refractivity contribution in [1.29, 1.82) is 0 Å². The second-order valence-electron chi connectivity index (χ2n) is 6.19. The van der Waals surface area contributed by atoms with Crippen molar-refractivity contribution >= 4 is 17.3 Å². The van der Waals surface area contributed by atoms with E-state index in [0.29, 0.717) is 18.7 Å². The number of hydrogen-bond acceptors (Lipinski definition) is 4. The van der Waals surface area contributed by atoms with Crippen LogP contribution in [-0.4, -0.2) is 41.1 Å². The number of carbonyl (C=O) groups excluding carboxylic acids is 1. The zero-order valence-corrected chi connectivity index (χ0v) is 12.9. The molecular weight excluding hydrogens is 266 g/mol. The average Bonchev–Trinajstić information content (AvgIpc) is 2.57. The highest BCUT2D eigenvalue weighted by molar-refractivity contribution is 5.93. The maximum Gasteiger partial charge on any atom is 0.238 e. The first-order chi connectivity index (χ1) is 9.87. The summed E-state index contributed by atoms with van der Waals surface area (Å²) >= 11 is 0. The molecule has 1 heterocycles. The molecule has 0 aromatic heterocycles. The molecule has 0 spiro atoms. The minimum atomic E-state index is -0.601. The first kappa shape index (κ1) is 15.8. The molecule has 1 unspecified atom stereocenters. The van der Waals surface area contributed by atoms with Gasteiger partial charge in [-0.2, -0.15) is 0 Å². The smallest absolute Gasteiger partial charge is 0.238 e. The van der Waals surface area contributed by atoms with Crippen molar-refractivity contribution in [1.82, 2.24) is 4.90 Å². The zero-order valence-electron chi connectivity index (χ0n) is 12.9. The number of hydrogen-bond donors (Lipinski definition) is 3. The Morgan fingerprint density at radius 1 is 1.43 bits per heavy atom. The molecule has 0 radical (unpaired) electrons. The standard InChI is InChI=1S/C16H25N3O2/c1-12-13(17)5-3-6-14(12)18-15(20)11-19-9-4-7-16(2,21)8-10-19/h3,5-6,21H,4,7-11,17H2,1-2H3,(H,18,20). The van der Waals surface area contributed by atoms with Crippen LogP contribution >= 0.6 is 0 Å². The predicted molar refractivity (Wildman–Crippen MR) is 85.1 cm³/mol. The zero-order chi connectivity index (χ0) is 15.5. The molecule has 2 rings (SSSR count). The highest BCUT2D eigenvalue weighted by Gasteiger charge is 2.25. The van der Waals surface area contributed by atoms with Crippen molar-refractivity contribution in [2.24, 2.45) is 0 Å². The first-order valence-corrected chi connectivity index (χ1v) is 7.47. The lowest BCUT2D eigenvalue weighted by molar-refractivity contribution is -0.117. The number of nitrogens with zero attached hydrogens (tertiary/aromatic N) is 1. The van der Waals surface area contributed by atoms with Crippen molar-refractivity contribution in [2.45, 2.75) is 38.7 Å². The molecule has 5 heteroatoms. The van der Waals surface area contributed by atoms with E-state index in [-0.39, 0.29) is 5.91 Å². The summed E-state index contributed by atoms with van der Waals surface area (Å²) in [6, 6.07) is 5.51. The van der Waals surface area contributed by atoms with Gasteiger partial charge in [-0.1, -0.05) is 6.07 Å². The van der Waals surface area contributed by atoms with E-state index in [1.807, 2.05) is 32.0 Å². The maximum atomic E-state index is 12.2. The van der Waals surface area contributed by atoms with Gasteiger partial charge in [-0.25, -0.2) is 0 Å². The Hall–Kier alpha value is -1.59. The van der Waals surface area contributed by atoms with Crippen LogP contribution in [0, 0.1) is 6.92 Å². The minimum Gasteiger partial charge on any atom is -0.398 e. The lowest BCUT2D eigenvalue weighted by atomic mass is 9.98. The van der Waals surface area contributed by atoms with Gasteiger partial charge >= 0.3 is 0 Å². The van der Waals surface area contributed by atoms with Crippen LogP contribution in [0.25, 0.3) is 0 Å². The van der Waals surface area contributed by atoms with E-state index >= 15 is 0 Å². The number of amides is 1. The van der Waals surface area contributed by atoms with Crippen molar-refractivity contribution in [3.8, 4) is 0 Å². The van der Waals surface area contributed by atoms with Crippen molar-refractivity contribution in [3.63, 3.8) is 0 Å². The fourth-order valence-corrected chi connectivity index (χ4v) is 2.66. The molecule has 1 aliphatic rings. The van der Waals surface area contributed by atoms with Crippen LogP contribution in [0.5, 0.6) is 0 Å². The summed E-state index contributed by atoms with van der Waals surface area (Å²) in [5.74, 6) is -0.0368. The Labute approximate surface area is 126 Å². The second-order valence-corrected chi connectivity index (χ2v) is 6.19. The Morgan fingerprint density at radius 3 is 2.95 bits per heavy atom. The molecule has 1 fully saturated rings. The van der Waals surface area contributed by atoms with Crippen molar-refractivity contribution in [2.75, 3.05) is 30.7 Å². The number of nitrogens with one attached hydrogen (secondary N) is 1. The second kappa shape index (κ2) is 6.45. The largest absolute Gasteiger partial charge is 0.398 e. The van der Waals surface area contributed by atoms with Crippen LogP contribution in [0.15, 0.2) is 18.2 Å². The molecule has 21 heavy (non-hydrogen) atoms. The van der Waals surface area contributed by atoms with E-state index in [2.05, 4.69) is 10.2 Å². The molecule has 0 saturated carbocycles. The third kappa shape index (κ3) is 4.44. The summed E-state index contributed by atoms with van der Waals surface area (Å²) in [7, 11) is 0. The molecular formula is C16H25N3O2. The highest BCUT2D eigenvalue weighted by atomic mass is 16.3. The lowest BCUT2D eigenvalue weighted by Crippen LogP contribution is -2.35. The van der Waals surface area contributed by atoms with Gasteiger partial charge in [-0.3, -0.25) is 9.69 Å². The SMILES string of the molecule is Cc1c(N)cccc1NC(=O)CN1CCCC(C)(O)CC1. The Balaban J connectivity index is 1.91. The minimum absolute atomic E-state index is 0.0368. The number of anilines is 2. The van der Waals surface area contributed by atoms with E-state index in [4.69, 9.17) is 5.73 Å². The average molecular weight is 291 g/mol. The van der Waals surface area contributed by atoms with Crippen molar-refractivity contribution in [3.05, 3.63) is 23.8 Å². The number of aliphatic hydroxyl groups is 1. The van der Waals surface area contributed by atoms with Crippen LogP contribution in [-0.2, 0) is 4.79 Å². The number of nitrogen functional groups attached to an aromatic ring is 1. The Bertz CT molecular complexity index is 514. The molecule has 0 aliphatic carbocycles. The fraction of sp³-hybridized carbons (Fsp3) is 0.562. The summed E-state index contributed by atoms with van der Waals surface area (Å²) in [4.78, 5) is 14.3. The monoisotopic (exact) mass is 291 g/mol. The van der Waals surface area contributed by atoms with Gasteiger partial charge in [-0.05, 0) is 57.4 Å². The molecule has 1 amide bonds. The molecule has 4 N–H and O–H groups in total. The number of carbonyl (C=O) groups is 1. The summed E-state index contributed by atoms with van der Waals surface area (Å²) < 4.78 is 0. The third-order valence-electron chi connectivity index (χ3n) is 4.17. The molecule has 116 valence electrons. The van der Waals surface area contributed by atoms with Crippen LogP contribution in [0.2, 0.25) is 0 Å². The van der Waals surface area contributed by atoms with Crippen LogP contribution in [0.1, 0.15) is 31.7 Å². The summed E-state index contributed by atoms with van der Waals surface area (Å²) in [5.41, 5.74) is 7.58. The molecule has 5 nitrogen and oxygen atoms in total. The van der Waals surface area contributed by atoms with E-state index < -0.39 is 5.60 Å². The fourth-order valence-electron chi connectivity index (χ4n) is 2.66. The Morgan fingerprint density at radius 2 is 2.19 bits per heavy atom. The van der Waals surface area contributed by atoms with E-state index in [1.54, 1.807) is 0 Å². The molecule has 1 aromatic rings. The molecule has 1 saturated heterocycles. The van der Waals surface area contributed by atoms with Crippen molar-refractivity contribution < 1.29 is 9.90 Å². The lowest BCUT2D eigenvalue weighted by Gasteiger charge is -2.22. The predicted octanol–water partition coefficient (Wildman–Crippen LogP) is 1.75. The third-order valence-corrected chi connectivity index (χ3v) is 4.17. The van der Waals surface area contributed by atoms with Gasteiger partial charge in [0, 0.05) is 17.9 Å². The first-order valence-electron chi connectivity index (χ1n) is 7.47. The van der Waals surface area contributed by atoms with Gasteiger partial charge < -0.3 is 16.2 Å². The quantitative estimate of drug-likeness (QED) is 0.741. The number of likely N-dealkylation sites (tertiary alicyclic amines) is 1. The van der Waals surface area contributed by atoms with Gasteiger partial charge in [0.05, 0.1) is 12.1 Å². The normalized spacial score (nSPS) is 23.6.